The van der Waals surface area contributed by atoms with Crippen LogP contribution < -0.4 is 0 Å². The lowest BCUT2D eigenvalue weighted by atomic mass is 9.96. The van der Waals surface area contributed by atoms with Gasteiger partial charge in [0.2, 0.25) is 0 Å². The quantitative estimate of drug-likeness (QED) is 0.506. The molecule has 80 valence electrons. The highest BCUT2D eigenvalue weighted by atomic mass is 16.5. The number of hydrogen-bond donors (Lipinski definition) is 0. The number of esters is 1. The fraction of sp³-hybridized carbons (Fsp3) is 0.727. The molecular weight excluding hydrogens is 178 g/mol. The van der Waals surface area contributed by atoms with Crippen molar-refractivity contribution >= 4 is 5.97 Å². The van der Waals surface area contributed by atoms with E-state index in [2.05, 4.69) is 22.8 Å². The maximum atomic E-state index is 10.8. The Morgan fingerprint density at radius 2 is 2.14 bits per heavy atom. The summed E-state index contributed by atoms with van der Waals surface area (Å²) in [4.78, 5) is 13.2. The van der Waals surface area contributed by atoms with E-state index in [0.29, 0.717) is 12.3 Å². The number of methoxy groups -OCH3 is 1. The SMILES string of the molecule is COC(=O)C/C=C\C1CCN(C)CC1. The van der Waals surface area contributed by atoms with E-state index in [9.17, 15) is 4.79 Å². The van der Waals surface area contributed by atoms with Gasteiger partial charge in [0, 0.05) is 0 Å². The van der Waals surface area contributed by atoms with Crippen LogP contribution >= 0.6 is 0 Å². The first-order chi connectivity index (χ1) is 6.72. The predicted molar refractivity (Wildman–Crippen MR) is 56.0 cm³/mol. The lowest BCUT2D eigenvalue weighted by Crippen LogP contribution is -2.29. The molecule has 0 aliphatic carbocycles. The number of likely N-dealkylation sites (tertiary alicyclic amines) is 1. The number of carbonyl (C=O) groups excluding carboxylic acids is 1. The second-order valence-corrected chi connectivity index (χ2v) is 3.85. The fourth-order valence-electron chi connectivity index (χ4n) is 1.66. The Kier molecular flexibility index (Phi) is 4.66. The standard InChI is InChI=1S/C11H19NO2/c1-12-8-6-10(7-9-12)4-3-5-11(13)14-2/h3-4,10H,5-9H2,1-2H3/b4-3-. The van der Waals surface area contributed by atoms with E-state index in [1.807, 2.05) is 6.08 Å². The molecule has 0 bridgehead atoms. The van der Waals surface area contributed by atoms with Crippen LogP contribution in [0.25, 0.3) is 0 Å². The van der Waals surface area contributed by atoms with Gasteiger partial charge >= 0.3 is 5.97 Å². The molecule has 1 rings (SSSR count). The normalized spacial score (nSPS) is 20.1. The van der Waals surface area contributed by atoms with Gasteiger partial charge in [0.05, 0.1) is 13.5 Å². The number of rotatable bonds is 3. The first kappa shape index (κ1) is 11.2. The number of allylic oxidation sites excluding steroid dienone is 1. The van der Waals surface area contributed by atoms with Crippen molar-refractivity contribution in [1.29, 1.82) is 0 Å². The maximum absolute atomic E-state index is 10.8. The van der Waals surface area contributed by atoms with Crippen LogP contribution in [-0.2, 0) is 9.53 Å². The van der Waals surface area contributed by atoms with Crippen LogP contribution in [0.1, 0.15) is 19.3 Å². The van der Waals surface area contributed by atoms with Crippen molar-refractivity contribution < 1.29 is 9.53 Å². The van der Waals surface area contributed by atoms with Gasteiger partial charge < -0.3 is 9.64 Å². The van der Waals surface area contributed by atoms with E-state index in [0.717, 1.165) is 13.1 Å². The van der Waals surface area contributed by atoms with Crippen molar-refractivity contribution in [1.82, 2.24) is 4.90 Å². The molecule has 0 radical (unpaired) electrons. The molecule has 14 heavy (non-hydrogen) atoms. The number of piperidine rings is 1. The van der Waals surface area contributed by atoms with Gasteiger partial charge in [0.25, 0.3) is 0 Å². The van der Waals surface area contributed by atoms with Crippen LogP contribution in [0, 0.1) is 5.92 Å². The summed E-state index contributed by atoms with van der Waals surface area (Å²) in [6.45, 7) is 2.32. The van der Waals surface area contributed by atoms with Crippen molar-refractivity contribution in [3.05, 3.63) is 12.2 Å². The van der Waals surface area contributed by atoms with E-state index < -0.39 is 0 Å². The van der Waals surface area contributed by atoms with Gasteiger partial charge in [-0.3, -0.25) is 4.79 Å². The van der Waals surface area contributed by atoms with Crippen LogP contribution in [0.3, 0.4) is 0 Å². The topological polar surface area (TPSA) is 29.5 Å². The van der Waals surface area contributed by atoms with Crippen molar-refractivity contribution in [2.45, 2.75) is 19.3 Å². The summed E-state index contributed by atoms with van der Waals surface area (Å²) in [7, 11) is 3.57. The molecule has 0 unspecified atom stereocenters. The minimum Gasteiger partial charge on any atom is -0.469 e. The molecule has 0 amide bonds. The highest BCUT2D eigenvalue weighted by Crippen LogP contribution is 2.17. The molecule has 1 heterocycles. The molecule has 1 aliphatic heterocycles. The Hall–Kier alpha value is -0.830. The first-order valence-electron chi connectivity index (χ1n) is 5.14. The minimum atomic E-state index is -0.158. The molecule has 1 fully saturated rings. The summed E-state index contributed by atoms with van der Waals surface area (Å²) < 4.78 is 4.56. The van der Waals surface area contributed by atoms with Crippen molar-refractivity contribution in [3.8, 4) is 0 Å². The third kappa shape index (κ3) is 3.92. The Balaban J connectivity index is 2.20. The van der Waals surface area contributed by atoms with E-state index >= 15 is 0 Å². The van der Waals surface area contributed by atoms with Gasteiger partial charge in [-0.05, 0) is 38.9 Å². The monoisotopic (exact) mass is 197 g/mol. The molecule has 1 aliphatic rings. The molecule has 0 N–H and O–H groups in total. The van der Waals surface area contributed by atoms with Crippen LogP contribution in [-0.4, -0.2) is 38.1 Å². The molecule has 3 heteroatoms. The van der Waals surface area contributed by atoms with E-state index in [1.165, 1.54) is 20.0 Å². The van der Waals surface area contributed by atoms with Gasteiger partial charge in [0.1, 0.15) is 0 Å². The molecule has 3 nitrogen and oxygen atoms in total. The lowest BCUT2D eigenvalue weighted by molar-refractivity contribution is -0.139. The summed E-state index contributed by atoms with van der Waals surface area (Å²) >= 11 is 0. The summed E-state index contributed by atoms with van der Waals surface area (Å²) in [5.41, 5.74) is 0. The average molecular weight is 197 g/mol. The Bertz CT molecular complexity index is 205. The molecule has 0 aromatic rings. The zero-order chi connectivity index (χ0) is 10.4. The largest absolute Gasteiger partial charge is 0.469 e. The smallest absolute Gasteiger partial charge is 0.309 e. The molecule has 0 saturated carbocycles. The minimum absolute atomic E-state index is 0.158. The van der Waals surface area contributed by atoms with Gasteiger partial charge in [-0.2, -0.15) is 0 Å². The van der Waals surface area contributed by atoms with Crippen LogP contribution in [0.5, 0.6) is 0 Å². The average Bonchev–Trinajstić information content (AvgIpc) is 2.21. The molecule has 0 spiro atoms. The van der Waals surface area contributed by atoms with Crippen LogP contribution in [0.2, 0.25) is 0 Å². The van der Waals surface area contributed by atoms with E-state index in [1.54, 1.807) is 0 Å². The molecule has 0 aromatic carbocycles. The first-order valence-corrected chi connectivity index (χ1v) is 5.14. The third-order valence-corrected chi connectivity index (χ3v) is 2.68. The Morgan fingerprint density at radius 3 is 2.71 bits per heavy atom. The second kappa shape index (κ2) is 5.81. The number of ether oxygens (including phenoxy) is 1. The number of carbonyl (C=O) groups is 1. The Labute approximate surface area is 85.7 Å². The fourth-order valence-corrected chi connectivity index (χ4v) is 1.66. The molecular formula is C11H19NO2. The predicted octanol–water partition coefficient (Wildman–Crippen LogP) is 1.45. The number of hydrogen-bond acceptors (Lipinski definition) is 3. The third-order valence-electron chi connectivity index (χ3n) is 2.68. The summed E-state index contributed by atoms with van der Waals surface area (Å²) in [6.07, 6.45) is 6.90. The van der Waals surface area contributed by atoms with Crippen LogP contribution in [0.15, 0.2) is 12.2 Å². The molecule has 0 aromatic heterocycles. The summed E-state index contributed by atoms with van der Waals surface area (Å²) in [6, 6.07) is 0. The zero-order valence-electron chi connectivity index (χ0n) is 9.03. The zero-order valence-corrected chi connectivity index (χ0v) is 9.03. The Morgan fingerprint density at radius 1 is 1.50 bits per heavy atom. The van der Waals surface area contributed by atoms with Gasteiger partial charge in [-0.15, -0.1) is 0 Å². The van der Waals surface area contributed by atoms with E-state index in [4.69, 9.17) is 0 Å². The van der Waals surface area contributed by atoms with E-state index in [-0.39, 0.29) is 5.97 Å². The maximum Gasteiger partial charge on any atom is 0.309 e. The van der Waals surface area contributed by atoms with Gasteiger partial charge in [0.15, 0.2) is 0 Å². The van der Waals surface area contributed by atoms with Gasteiger partial charge in [-0.1, -0.05) is 12.2 Å². The van der Waals surface area contributed by atoms with Crippen molar-refractivity contribution in [2.24, 2.45) is 5.92 Å². The molecule has 0 atom stereocenters. The highest BCUT2D eigenvalue weighted by molar-refractivity contribution is 5.70. The van der Waals surface area contributed by atoms with Gasteiger partial charge in [-0.25, -0.2) is 0 Å². The summed E-state index contributed by atoms with van der Waals surface area (Å²) in [5.74, 6) is 0.491. The van der Waals surface area contributed by atoms with Crippen molar-refractivity contribution in [2.75, 3.05) is 27.2 Å². The lowest BCUT2D eigenvalue weighted by Gasteiger charge is -2.26. The second-order valence-electron chi connectivity index (χ2n) is 3.85. The highest BCUT2D eigenvalue weighted by Gasteiger charge is 2.13. The number of nitrogens with zero attached hydrogens (tertiary/aromatic N) is 1. The molecule has 1 saturated heterocycles. The van der Waals surface area contributed by atoms with Crippen molar-refractivity contribution in [3.63, 3.8) is 0 Å². The summed E-state index contributed by atoms with van der Waals surface area (Å²) in [5, 5.41) is 0. The van der Waals surface area contributed by atoms with Crippen LogP contribution in [0.4, 0.5) is 0 Å².